The van der Waals surface area contributed by atoms with Gasteiger partial charge in [-0.25, -0.2) is 12.4 Å². The zero-order chi connectivity index (χ0) is 20.3. The molecule has 0 amide bonds. The summed E-state index contributed by atoms with van der Waals surface area (Å²) >= 11 is 0. The maximum atomic E-state index is 13.4. The average molecular weight is 394 g/mol. The minimum absolute atomic E-state index is 0.0183. The number of nitrogens with zero attached hydrogens (tertiary/aromatic N) is 2. The van der Waals surface area contributed by atoms with E-state index in [0.717, 1.165) is 34.4 Å². The Morgan fingerprint density at radius 3 is 2.46 bits per heavy atom. The van der Waals surface area contributed by atoms with E-state index >= 15 is 0 Å². The second-order valence-corrected chi connectivity index (χ2v) is 8.65. The molecule has 0 bridgehead atoms. The van der Waals surface area contributed by atoms with Crippen LogP contribution in [0.2, 0.25) is 0 Å². The highest BCUT2D eigenvalue weighted by Crippen LogP contribution is 2.28. The number of hydrogen-bond acceptors (Lipinski definition) is 4. The number of fused-ring (bicyclic) bond motifs is 1. The molecule has 6 heteroatoms. The van der Waals surface area contributed by atoms with E-state index in [1.54, 1.807) is 18.2 Å². The van der Waals surface area contributed by atoms with E-state index in [1.165, 1.54) is 12.1 Å². The van der Waals surface area contributed by atoms with E-state index in [2.05, 4.69) is 6.92 Å². The zero-order valence-electron chi connectivity index (χ0n) is 16.0. The number of aromatic nitrogens is 1. The highest BCUT2D eigenvalue weighted by atomic mass is 32.2. The summed E-state index contributed by atoms with van der Waals surface area (Å²) in [6.07, 6.45) is 2.50. The van der Waals surface area contributed by atoms with Crippen molar-refractivity contribution >= 4 is 26.7 Å². The lowest BCUT2D eigenvalue weighted by Crippen LogP contribution is -2.18. The normalized spacial score (nSPS) is 11.5. The second kappa shape index (κ2) is 7.99. The maximum absolute atomic E-state index is 13.4. The first-order chi connectivity index (χ1) is 13.4. The van der Waals surface area contributed by atoms with E-state index in [0.29, 0.717) is 10.9 Å². The quantitative estimate of drug-likeness (QED) is 0.547. The maximum Gasteiger partial charge on any atom is 0.268 e. The fourth-order valence-electron chi connectivity index (χ4n) is 3.19. The minimum Gasteiger partial charge on any atom is -0.291 e. The number of hydrogen-bond donors (Lipinski definition) is 0. The molecule has 0 atom stereocenters. The average Bonchev–Trinajstić information content (AvgIpc) is 3.06. The first-order valence-corrected chi connectivity index (χ1v) is 10.7. The summed E-state index contributed by atoms with van der Waals surface area (Å²) in [5.41, 5.74) is 2.45. The third-order valence-corrected chi connectivity index (χ3v) is 6.47. The topological polar surface area (TPSA) is 79.9 Å². The van der Waals surface area contributed by atoms with E-state index < -0.39 is 15.8 Å². The molecule has 0 aliphatic carbocycles. The fourth-order valence-corrected chi connectivity index (χ4v) is 4.71. The Balaban J connectivity index is 2.27. The van der Waals surface area contributed by atoms with Crippen molar-refractivity contribution in [2.24, 2.45) is 0 Å². The molecule has 1 aromatic heterocycles. The van der Waals surface area contributed by atoms with Gasteiger partial charge in [0.05, 0.1) is 16.5 Å². The Morgan fingerprint density at radius 1 is 1.11 bits per heavy atom. The summed E-state index contributed by atoms with van der Waals surface area (Å²) in [6, 6.07) is 15.5. The number of nitriles is 1. The highest BCUT2D eigenvalue weighted by Gasteiger charge is 2.26. The Hall–Kier alpha value is -2.91. The number of Topliss-reactive ketones (excluding diaryl/α,β-unsaturated/α-hetero) is 1. The third kappa shape index (κ3) is 3.71. The fraction of sp³-hybridized carbons (Fsp3) is 0.273. The van der Waals surface area contributed by atoms with Crippen molar-refractivity contribution in [1.29, 1.82) is 5.26 Å². The van der Waals surface area contributed by atoms with Gasteiger partial charge in [-0.15, -0.1) is 0 Å². The van der Waals surface area contributed by atoms with Gasteiger partial charge in [-0.3, -0.25) is 4.79 Å². The molecule has 0 aliphatic rings. The Morgan fingerprint density at radius 2 is 1.82 bits per heavy atom. The molecule has 2 aromatic carbocycles. The van der Waals surface area contributed by atoms with E-state index in [9.17, 15) is 13.2 Å². The van der Waals surface area contributed by atoms with Crippen molar-refractivity contribution < 1.29 is 13.2 Å². The molecule has 0 fully saturated rings. The van der Waals surface area contributed by atoms with Crippen LogP contribution in [0.1, 0.15) is 47.8 Å². The number of ketones is 1. The van der Waals surface area contributed by atoms with Gasteiger partial charge in [0.2, 0.25) is 0 Å². The number of carbonyl (C=O) groups excluding carboxylic acids is 1. The van der Waals surface area contributed by atoms with Crippen LogP contribution in [-0.2, 0) is 16.4 Å². The van der Waals surface area contributed by atoms with Crippen LogP contribution < -0.4 is 0 Å². The Bertz CT molecular complexity index is 1170. The molecule has 28 heavy (non-hydrogen) atoms. The molecule has 0 spiro atoms. The predicted molar refractivity (Wildman–Crippen MR) is 109 cm³/mol. The lowest BCUT2D eigenvalue weighted by molar-refractivity contribution is 0.0992. The van der Waals surface area contributed by atoms with Crippen molar-refractivity contribution in [3.63, 3.8) is 0 Å². The standard InChI is InChI=1S/C22H22N2O3S/c1-3-4-5-17-8-9-18-15-21(22(25)12-13-23)24(20(18)14-17)28(26,27)19-10-6-16(2)7-11-19/h6-11,14-15H,3-5,12H2,1-2H3. The molecule has 0 saturated carbocycles. The van der Waals surface area contributed by atoms with Crippen LogP contribution in [-0.4, -0.2) is 18.2 Å². The Labute approximate surface area is 165 Å². The van der Waals surface area contributed by atoms with Gasteiger partial charge in [-0.2, -0.15) is 5.26 Å². The third-order valence-electron chi connectivity index (χ3n) is 4.73. The molecule has 0 N–H and O–H groups in total. The summed E-state index contributed by atoms with van der Waals surface area (Å²) in [4.78, 5) is 12.6. The Kier molecular flexibility index (Phi) is 5.66. The molecular formula is C22H22N2O3S. The van der Waals surface area contributed by atoms with Crippen molar-refractivity contribution in [2.45, 2.75) is 44.4 Å². The summed E-state index contributed by atoms with van der Waals surface area (Å²) < 4.78 is 27.9. The molecule has 0 radical (unpaired) electrons. The van der Waals surface area contributed by atoms with Gasteiger partial charge in [0.15, 0.2) is 5.78 Å². The second-order valence-electron chi connectivity index (χ2n) is 6.87. The van der Waals surface area contributed by atoms with Crippen molar-refractivity contribution in [2.75, 3.05) is 0 Å². The van der Waals surface area contributed by atoms with Crippen LogP contribution >= 0.6 is 0 Å². The number of benzene rings is 2. The monoisotopic (exact) mass is 394 g/mol. The van der Waals surface area contributed by atoms with Gasteiger partial charge in [0.1, 0.15) is 12.1 Å². The molecule has 0 unspecified atom stereocenters. The number of carbonyl (C=O) groups is 1. The summed E-state index contributed by atoms with van der Waals surface area (Å²) in [6.45, 7) is 3.98. The van der Waals surface area contributed by atoms with Crippen molar-refractivity contribution in [1.82, 2.24) is 3.97 Å². The summed E-state index contributed by atoms with van der Waals surface area (Å²) in [7, 11) is -3.98. The number of aryl methyl sites for hydroxylation is 2. The number of rotatable bonds is 7. The number of unbranched alkanes of at least 4 members (excludes halogenated alkanes) is 1. The van der Waals surface area contributed by atoms with Crippen LogP contribution in [0.3, 0.4) is 0 Å². The molecule has 0 aliphatic heterocycles. The largest absolute Gasteiger partial charge is 0.291 e. The lowest BCUT2D eigenvalue weighted by atomic mass is 10.1. The van der Waals surface area contributed by atoms with Crippen LogP contribution in [0.5, 0.6) is 0 Å². The molecule has 0 saturated heterocycles. The first-order valence-electron chi connectivity index (χ1n) is 9.25. The summed E-state index contributed by atoms with van der Waals surface area (Å²) in [5.74, 6) is -0.510. The van der Waals surface area contributed by atoms with Crippen LogP contribution in [0.4, 0.5) is 0 Å². The smallest absolute Gasteiger partial charge is 0.268 e. The van der Waals surface area contributed by atoms with Gasteiger partial charge < -0.3 is 0 Å². The van der Waals surface area contributed by atoms with E-state index in [-0.39, 0.29) is 17.0 Å². The SMILES string of the molecule is CCCCc1ccc2cc(C(=O)CC#N)n(S(=O)(=O)c3ccc(C)cc3)c2c1. The summed E-state index contributed by atoms with van der Waals surface area (Å²) in [5, 5.41) is 9.59. The highest BCUT2D eigenvalue weighted by molar-refractivity contribution is 7.90. The van der Waals surface area contributed by atoms with Crippen LogP contribution in [0, 0.1) is 18.3 Å². The molecule has 1 heterocycles. The predicted octanol–water partition coefficient (Wildman–Crippen LogP) is 4.63. The minimum atomic E-state index is -3.98. The zero-order valence-corrected chi connectivity index (χ0v) is 16.8. The van der Waals surface area contributed by atoms with Crippen molar-refractivity contribution in [3.05, 3.63) is 65.4 Å². The van der Waals surface area contributed by atoms with E-state index in [4.69, 9.17) is 5.26 Å². The molecule has 3 aromatic rings. The van der Waals surface area contributed by atoms with Gasteiger partial charge >= 0.3 is 0 Å². The lowest BCUT2D eigenvalue weighted by Gasteiger charge is -2.12. The van der Waals surface area contributed by atoms with Crippen LogP contribution in [0.25, 0.3) is 10.9 Å². The van der Waals surface area contributed by atoms with E-state index in [1.807, 2.05) is 31.2 Å². The molecule has 5 nitrogen and oxygen atoms in total. The van der Waals surface area contributed by atoms with Crippen molar-refractivity contribution in [3.8, 4) is 6.07 Å². The van der Waals surface area contributed by atoms with Gasteiger partial charge in [-0.1, -0.05) is 43.2 Å². The molecule has 3 rings (SSSR count). The van der Waals surface area contributed by atoms with Gasteiger partial charge in [0, 0.05) is 5.39 Å². The molecule has 144 valence electrons. The first kappa shape index (κ1) is 19.8. The van der Waals surface area contributed by atoms with Gasteiger partial charge in [-0.05, 0) is 49.6 Å². The van der Waals surface area contributed by atoms with Crippen LogP contribution in [0.15, 0.2) is 53.4 Å². The molecular weight excluding hydrogens is 372 g/mol. The van der Waals surface area contributed by atoms with Gasteiger partial charge in [0.25, 0.3) is 10.0 Å².